The highest BCUT2D eigenvalue weighted by Gasteiger charge is 2.51. The van der Waals surface area contributed by atoms with Gasteiger partial charge in [0.05, 0.1) is 23.4 Å². The van der Waals surface area contributed by atoms with Crippen LogP contribution in [0.25, 0.3) is 0 Å². The van der Waals surface area contributed by atoms with E-state index in [1.165, 1.54) is 0 Å². The molecule has 0 saturated carbocycles. The molecule has 0 bridgehead atoms. The van der Waals surface area contributed by atoms with Gasteiger partial charge < -0.3 is 14.0 Å². The van der Waals surface area contributed by atoms with Crippen molar-refractivity contribution in [1.29, 1.82) is 5.26 Å². The van der Waals surface area contributed by atoms with Gasteiger partial charge in [-0.25, -0.2) is 0 Å². The highest BCUT2D eigenvalue weighted by molar-refractivity contribution is 6.62. The SMILES string of the molecule is CCOc1ccc(B2OC(C)(C)C(C)(C)O2)cc1C#N. The fourth-order valence-corrected chi connectivity index (χ4v) is 2.04. The van der Waals surface area contributed by atoms with E-state index in [1.54, 1.807) is 12.1 Å². The number of ether oxygens (including phenoxy) is 1. The van der Waals surface area contributed by atoms with Crippen LogP contribution in [0.15, 0.2) is 18.2 Å². The first-order valence-electron chi connectivity index (χ1n) is 6.83. The molecule has 0 radical (unpaired) electrons. The Balaban J connectivity index is 2.30. The van der Waals surface area contributed by atoms with Crippen LogP contribution in [0, 0.1) is 11.3 Å². The van der Waals surface area contributed by atoms with Crippen LogP contribution in [-0.2, 0) is 9.31 Å². The first-order chi connectivity index (χ1) is 9.30. The van der Waals surface area contributed by atoms with Crippen molar-refractivity contribution in [3.8, 4) is 11.8 Å². The lowest BCUT2D eigenvalue weighted by molar-refractivity contribution is 0.00578. The van der Waals surface area contributed by atoms with E-state index in [2.05, 4.69) is 6.07 Å². The summed E-state index contributed by atoms with van der Waals surface area (Å²) < 4.78 is 17.4. The zero-order chi connectivity index (χ0) is 15.0. The monoisotopic (exact) mass is 273 g/mol. The molecular formula is C15H20BNO3. The van der Waals surface area contributed by atoms with Gasteiger partial charge in [-0.1, -0.05) is 6.07 Å². The lowest BCUT2D eigenvalue weighted by Crippen LogP contribution is -2.41. The molecule has 0 unspecified atom stereocenters. The van der Waals surface area contributed by atoms with Gasteiger partial charge in [0.15, 0.2) is 0 Å². The first kappa shape index (κ1) is 14.9. The molecule has 0 N–H and O–H groups in total. The molecule has 20 heavy (non-hydrogen) atoms. The number of benzene rings is 1. The third-order valence-corrected chi connectivity index (χ3v) is 3.95. The summed E-state index contributed by atoms with van der Waals surface area (Å²) in [6.07, 6.45) is 0. The van der Waals surface area contributed by atoms with E-state index in [0.717, 1.165) is 5.46 Å². The van der Waals surface area contributed by atoms with Crippen molar-refractivity contribution in [2.24, 2.45) is 0 Å². The maximum Gasteiger partial charge on any atom is 0.494 e. The Hall–Kier alpha value is -1.51. The molecule has 0 atom stereocenters. The molecule has 1 aliphatic heterocycles. The summed E-state index contributed by atoms with van der Waals surface area (Å²) in [6, 6.07) is 7.60. The van der Waals surface area contributed by atoms with Gasteiger partial charge in [-0.3, -0.25) is 0 Å². The number of nitrogens with zero attached hydrogens (tertiary/aromatic N) is 1. The molecule has 0 aromatic heterocycles. The second-order valence-electron chi connectivity index (χ2n) is 5.89. The number of nitriles is 1. The molecule has 4 nitrogen and oxygen atoms in total. The molecule has 1 aliphatic rings. The minimum atomic E-state index is -0.456. The van der Waals surface area contributed by atoms with Gasteiger partial charge >= 0.3 is 7.12 Å². The van der Waals surface area contributed by atoms with Crippen molar-refractivity contribution in [2.75, 3.05) is 6.61 Å². The number of hydrogen-bond acceptors (Lipinski definition) is 4. The fourth-order valence-electron chi connectivity index (χ4n) is 2.04. The molecule has 0 aliphatic carbocycles. The largest absolute Gasteiger partial charge is 0.494 e. The average Bonchev–Trinajstić information content (AvgIpc) is 2.59. The Morgan fingerprint density at radius 2 is 1.80 bits per heavy atom. The second kappa shape index (κ2) is 5.12. The maximum absolute atomic E-state index is 9.21. The smallest absolute Gasteiger partial charge is 0.492 e. The minimum Gasteiger partial charge on any atom is -0.492 e. The van der Waals surface area contributed by atoms with Crippen LogP contribution in [0.4, 0.5) is 0 Å². The average molecular weight is 273 g/mol. The van der Waals surface area contributed by atoms with Gasteiger partial charge in [-0.2, -0.15) is 5.26 Å². The van der Waals surface area contributed by atoms with Gasteiger partial charge in [0, 0.05) is 0 Å². The lowest BCUT2D eigenvalue weighted by Gasteiger charge is -2.32. The normalized spacial score (nSPS) is 19.7. The second-order valence-corrected chi connectivity index (χ2v) is 5.89. The molecule has 1 aromatic rings. The first-order valence-corrected chi connectivity index (χ1v) is 6.83. The van der Waals surface area contributed by atoms with Crippen LogP contribution < -0.4 is 10.2 Å². The molecule has 1 aromatic carbocycles. The summed E-state index contributed by atoms with van der Waals surface area (Å²) in [7, 11) is -0.456. The molecule has 1 heterocycles. The molecular weight excluding hydrogens is 253 g/mol. The summed E-state index contributed by atoms with van der Waals surface area (Å²) >= 11 is 0. The van der Waals surface area contributed by atoms with E-state index in [0.29, 0.717) is 17.9 Å². The van der Waals surface area contributed by atoms with Crippen LogP contribution in [0.2, 0.25) is 0 Å². The van der Waals surface area contributed by atoms with Crippen molar-refractivity contribution in [2.45, 2.75) is 45.8 Å². The van der Waals surface area contributed by atoms with Gasteiger partial charge in [0.1, 0.15) is 11.8 Å². The third kappa shape index (κ3) is 2.54. The van der Waals surface area contributed by atoms with E-state index < -0.39 is 7.12 Å². The van der Waals surface area contributed by atoms with Gasteiger partial charge in [0.25, 0.3) is 0 Å². The van der Waals surface area contributed by atoms with Gasteiger partial charge in [-0.05, 0) is 52.2 Å². The Kier molecular flexibility index (Phi) is 3.81. The van der Waals surface area contributed by atoms with Crippen molar-refractivity contribution < 1.29 is 14.0 Å². The molecule has 106 valence electrons. The zero-order valence-electron chi connectivity index (χ0n) is 12.7. The van der Waals surface area contributed by atoms with E-state index in [4.69, 9.17) is 14.0 Å². The molecule has 5 heteroatoms. The Morgan fingerprint density at radius 3 is 2.30 bits per heavy atom. The molecule has 1 saturated heterocycles. The number of rotatable bonds is 3. The van der Waals surface area contributed by atoms with Gasteiger partial charge in [-0.15, -0.1) is 0 Å². The highest BCUT2D eigenvalue weighted by atomic mass is 16.7. The Bertz CT molecular complexity index is 533. The molecule has 1 fully saturated rings. The molecule has 0 spiro atoms. The predicted octanol–water partition coefficient (Wildman–Crippen LogP) is 2.26. The molecule has 0 amide bonds. The van der Waals surface area contributed by atoms with Crippen LogP contribution in [-0.4, -0.2) is 24.9 Å². The highest BCUT2D eigenvalue weighted by Crippen LogP contribution is 2.36. The van der Waals surface area contributed by atoms with E-state index in [1.807, 2.05) is 40.7 Å². The lowest BCUT2D eigenvalue weighted by atomic mass is 9.78. The Labute approximate surface area is 120 Å². The predicted molar refractivity (Wildman–Crippen MR) is 78.0 cm³/mol. The summed E-state index contributed by atoms with van der Waals surface area (Å²) in [5.74, 6) is 0.593. The quantitative estimate of drug-likeness (QED) is 0.793. The standard InChI is InChI=1S/C15H20BNO3/c1-6-18-13-8-7-12(9-11(13)10-17)16-19-14(2,3)15(4,5)20-16/h7-9H,6H2,1-5H3. The van der Waals surface area contributed by atoms with Crippen molar-refractivity contribution in [3.05, 3.63) is 23.8 Å². The van der Waals surface area contributed by atoms with E-state index in [-0.39, 0.29) is 11.2 Å². The van der Waals surface area contributed by atoms with Crippen LogP contribution in [0.3, 0.4) is 0 Å². The van der Waals surface area contributed by atoms with E-state index in [9.17, 15) is 5.26 Å². The van der Waals surface area contributed by atoms with Crippen molar-refractivity contribution >= 4 is 12.6 Å². The van der Waals surface area contributed by atoms with Gasteiger partial charge in [0.2, 0.25) is 0 Å². The maximum atomic E-state index is 9.21. The topological polar surface area (TPSA) is 51.5 Å². The van der Waals surface area contributed by atoms with Crippen LogP contribution in [0.5, 0.6) is 5.75 Å². The minimum absolute atomic E-state index is 0.386. The third-order valence-electron chi connectivity index (χ3n) is 3.95. The fraction of sp³-hybridized carbons (Fsp3) is 0.533. The summed E-state index contributed by atoms with van der Waals surface area (Å²) in [4.78, 5) is 0. The Morgan fingerprint density at radius 1 is 1.20 bits per heavy atom. The summed E-state index contributed by atoms with van der Waals surface area (Å²) in [5.41, 5.74) is 0.564. The van der Waals surface area contributed by atoms with Crippen molar-refractivity contribution in [3.63, 3.8) is 0 Å². The zero-order valence-corrected chi connectivity index (χ0v) is 12.7. The van der Waals surface area contributed by atoms with Crippen LogP contribution in [0.1, 0.15) is 40.2 Å². The summed E-state index contributed by atoms with van der Waals surface area (Å²) in [6.45, 7) is 10.5. The van der Waals surface area contributed by atoms with Crippen LogP contribution >= 0.6 is 0 Å². The van der Waals surface area contributed by atoms with Crippen molar-refractivity contribution in [1.82, 2.24) is 0 Å². The molecule has 2 rings (SSSR count). The number of hydrogen-bond donors (Lipinski definition) is 0. The summed E-state index contributed by atoms with van der Waals surface area (Å²) in [5, 5.41) is 9.21. The van der Waals surface area contributed by atoms with E-state index >= 15 is 0 Å².